The number of aromatic nitrogens is 3. The van der Waals surface area contributed by atoms with Crippen LogP contribution < -0.4 is 0 Å². The Morgan fingerprint density at radius 3 is 2.22 bits per heavy atom. The minimum absolute atomic E-state index is 0. The topological polar surface area (TPSA) is 38.7 Å². The molecule has 1 aliphatic carbocycles. The quantitative estimate of drug-likeness (QED) is 0.240. The number of para-hydroxylation sites is 1. The molecule has 32 heavy (non-hydrogen) atoms. The van der Waals surface area contributed by atoms with Crippen molar-refractivity contribution in [3.63, 3.8) is 0 Å². The van der Waals surface area contributed by atoms with Gasteiger partial charge in [-0.1, -0.05) is 71.9 Å². The summed E-state index contributed by atoms with van der Waals surface area (Å²) in [5, 5.41) is 1.04. The third-order valence-electron chi connectivity index (χ3n) is 8.21. The van der Waals surface area contributed by atoms with Gasteiger partial charge < -0.3 is 4.98 Å². The largest absolute Gasteiger partial charge is 0.304 e. The van der Waals surface area contributed by atoms with E-state index in [0.717, 1.165) is 27.7 Å². The van der Waals surface area contributed by atoms with Crippen LogP contribution >= 0.6 is 0 Å². The minimum Gasteiger partial charge on any atom is -0.304 e. The smallest absolute Gasteiger partial charge is 0.161 e. The Kier molecular flexibility index (Phi) is 5.39. The van der Waals surface area contributed by atoms with E-state index < -0.39 is 0 Å². The Morgan fingerprint density at radius 1 is 0.781 bits per heavy atom. The summed E-state index contributed by atoms with van der Waals surface area (Å²) in [5.74, 6) is 0.695. The molecule has 2 aromatic carbocycles. The molecule has 0 fully saturated rings. The van der Waals surface area contributed by atoms with Gasteiger partial charge in [-0.15, -0.1) is 34.9 Å². The molecule has 4 heteroatoms. The number of hydrogen-bond acceptors (Lipinski definition) is 3. The summed E-state index contributed by atoms with van der Waals surface area (Å²) < 4.78 is 0. The zero-order chi connectivity index (χ0) is 22.0. The summed E-state index contributed by atoms with van der Waals surface area (Å²) in [6, 6.07) is 20.1. The molecule has 1 radical (unpaired) electrons. The van der Waals surface area contributed by atoms with E-state index in [2.05, 4.69) is 69.7 Å². The molecule has 4 aromatic rings. The first kappa shape index (κ1) is 22.8. The second-order valence-corrected chi connectivity index (χ2v) is 10.2. The van der Waals surface area contributed by atoms with Gasteiger partial charge >= 0.3 is 0 Å². The van der Waals surface area contributed by atoms with Crippen LogP contribution in [0.15, 0.2) is 60.9 Å². The van der Waals surface area contributed by atoms with Crippen molar-refractivity contribution >= 4 is 10.9 Å². The Bertz CT molecular complexity index is 1300. The molecular weight excluding hydrogens is 571 g/mol. The maximum atomic E-state index is 4.74. The Labute approximate surface area is 204 Å². The molecule has 5 rings (SSSR count). The Hall–Kier alpha value is -2.42. The predicted octanol–water partition coefficient (Wildman–Crippen LogP) is 6.75. The van der Waals surface area contributed by atoms with Crippen LogP contribution in [0.25, 0.3) is 33.5 Å². The molecule has 0 bridgehead atoms. The molecule has 0 aliphatic heterocycles. The van der Waals surface area contributed by atoms with Gasteiger partial charge in [0.2, 0.25) is 0 Å². The number of benzene rings is 2. The zero-order valence-corrected chi connectivity index (χ0v) is 21.8. The monoisotopic (exact) mass is 599 g/mol. The summed E-state index contributed by atoms with van der Waals surface area (Å²) in [4.78, 5) is 13.9. The van der Waals surface area contributed by atoms with E-state index in [4.69, 9.17) is 4.98 Å². The van der Waals surface area contributed by atoms with Crippen molar-refractivity contribution in [3.8, 4) is 22.6 Å². The first-order chi connectivity index (χ1) is 14.6. The maximum absolute atomic E-state index is 4.74. The van der Waals surface area contributed by atoms with Gasteiger partial charge in [0.15, 0.2) is 5.82 Å². The molecule has 165 valence electrons. The summed E-state index contributed by atoms with van der Waals surface area (Å²) >= 11 is 0. The maximum Gasteiger partial charge on any atom is 0.161 e. The van der Waals surface area contributed by atoms with E-state index in [1.54, 1.807) is 0 Å². The van der Waals surface area contributed by atoms with Crippen molar-refractivity contribution in [2.75, 3.05) is 0 Å². The molecule has 2 aromatic heterocycles. The second-order valence-electron chi connectivity index (χ2n) is 10.2. The predicted molar refractivity (Wildman–Crippen MR) is 127 cm³/mol. The molecule has 0 saturated carbocycles. The van der Waals surface area contributed by atoms with Crippen LogP contribution in [0.2, 0.25) is 0 Å². The Balaban J connectivity index is 0.00000245. The average molecular weight is 599 g/mol. The summed E-state index contributed by atoms with van der Waals surface area (Å²) in [5.41, 5.74) is 6.90. The first-order valence-electron chi connectivity index (χ1n) is 10.9. The van der Waals surface area contributed by atoms with E-state index in [1.165, 1.54) is 11.1 Å². The second kappa shape index (κ2) is 7.57. The number of nitrogens with zero attached hydrogens (tertiary/aromatic N) is 3. The van der Waals surface area contributed by atoms with Crippen molar-refractivity contribution in [2.45, 2.75) is 52.4 Å². The molecule has 3 nitrogen and oxygen atoms in total. The van der Waals surface area contributed by atoms with Crippen LogP contribution in [0.3, 0.4) is 0 Å². The molecule has 0 amide bonds. The number of fused-ring (bicyclic) bond motifs is 2. The normalized spacial score (nSPS) is 17.6. The fourth-order valence-corrected chi connectivity index (χ4v) is 4.92. The first-order valence-corrected chi connectivity index (χ1v) is 10.9. The van der Waals surface area contributed by atoms with Gasteiger partial charge in [0, 0.05) is 43.4 Å². The average Bonchev–Trinajstić information content (AvgIpc) is 2.88. The van der Waals surface area contributed by atoms with E-state index >= 15 is 0 Å². The van der Waals surface area contributed by atoms with E-state index in [9.17, 15) is 0 Å². The number of rotatable bonds is 2. The van der Waals surface area contributed by atoms with Crippen molar-refractivity contribution in [1.29, 1.82) is 0 Å². The van der Waals surface area contributed by atoms with Gasteiger partial charge in [-0.05, 0) is 28.0 Å². The van der Waals surface area contributed by atoms with Crippen LogP contribution in [0.5, 0.6) is 0 Å². The molecule has 1 aliphatic rings. The molecule has 0 atom stereocenters. The van der Waals surface area contributed by atoms with Gasteiger partial charge in [0.05, 0.1) is 5.52 Å². The summed E-state index contributed by atoms with van der Waals surface area (Å²) in [6.45, 7) is 14.2. The molecule has 0 unspecified atom stereocenters. The zero-order valence-electron chi connectivity index (χ0n) is 19.4. The minimum atomic E-state index is 0. The van der Waals surface area contributed by atoms with Gasteiger partial charge in [-0.25, -0.2) is 9.97 Å². The van der Waals surface area contributed by atoms with Crippen molar-refractivity contribution in [3.05, 3.63) is 78.1 Å². The van der Waals surface area contributed by atoms with Gasteiger partial charge in [-0.2, -0.15) is 0 Å². The van der Waals surface area contributed by atoms with Crippen LogP contribution in [0, 0.1) is 11.5 Å². The number of hydrogen-bond donors (Lipinski definition) is 0. The van der Waals surface area contributed by atoms with Gasteiger partial charge in [0.25, 0.3) is 0 Å². The van der Waals surface area contributed by atoms with Crippen molar-refractivity contribution in [2.24, 2.45) is 5.41 Å². The van der Waals surface area contributed by atoms with E-state index in [-0.39, 0.29) is 36.4 Å². The third-order valence-corrected chi connectivity index (χ3v) is 8.21. The SMILES string of the molecule is CC1(C)c2c[c-]c(-c3ccc(-c4ncc5ccccc5n4)cn3)cc2C(C)(C)C1(C)C.[Ir]. The molecule has 0 saturated heterocycles. The van der Waals surface area contributed by atoms with Crippen LogP contribution in [-0.2, 0) is 30.9 Å². The fourth-order valence-electron chi connectivity index (χ4n) is 4.92. The Morgan fingerprint density at radius 2 is 1.50 bits per heavy atom. The fraction of sp³-hybridized carbons (Fsp3) is 0.321. The molecule has 0 spiro atoms. The standard InChI is InChI=1S/C28H28N3.Ir/c1-26(2)21-13-11-18(15-22(21)27(3,4)28(26,5)6)23-14-12-20(17-29-23)25-30-16-19-9-7-8-10-24(19)31-25;/h7-10,12-17H,1-6H3;/q-1;. The van der Waals surface area contributed by atoms with Gasteiger partial charge in [-0.3, -0.25) is 0 Å². The molecular formula is C28H28IrN3-. The van der Waals surface area contributed by atoms with Crippen LogP contribution in [0.1, 0.15) is 52.7 Å². The number of pyridine rings is 1. The molecule has 2 heterocycles. The van der Waals surface area contributed by atoms with Crippen molar-refractivity contribution < 1.29 is 20.1 Å². The molecule has 0 N–H and O–H groups in total. The third kappa shape index (κ3) is 3.16. The van der Waals surface area contributed by atoms with Crippen LogP contribution in [-0.4, -0.2) is 15.0 Å². The summed E-state index contributed by atoms with van der Waals surface area (Å²) in [7, 11) is 0. The van der Waals surface area contributed by atoms with E-state index in [1.807, 2.05) is 48.8 Å². The van der Waals surface area contributed by atoms with Crippen molar-refractivity contribution in [1.82, 2.24) is 15.0 Å². The van der Waals surface area contributed by atoms with Crippen LogP contribution in [0.4, 0.5) is 0 Å². The summed E-state index contributed by atoms with van der Waals surface area (Å²) in [6.07, 6.45) is 3.73. The van der Waals surface area contributed by atoms with Gasteiger partial charge in [0.1, 0.15) is 0 Å². The van der Waals surface area contributed by atoms with E-state index in [0.29, 0.717) is 5.82 Å².